The number of aromatic nitrogens is 1. The molecule has 0 saturated heterocycles. The van der Waals surface area contributed by atoms with Gasteiger partial charge in [0.2, 0.25) is 0 Å². The number of hydrogen-bond acceptors (Lipinski definition) is 5. The maximum atomic E-state index is 13.6. The van der Waals surface area contributed by atoms with Crippen molar-refractivity contribution >= 4 is 34.5 Å². The number of benzene rings is 3. The van der Waals surface area contributed by atoms with E-state index < -0.39 is 7.60 Å². The number of rotatable bonds is 5. The monoisotopic (exact) mass is 383 g/mol. The molecule has 1 heterocycles. The third-order valence-electron chi connectivity index (χ3n) is 3.68. The van der Waals surface area contributed by atoms with Gasteiger partial charge in [0.05, 0.1) is 10.0 Å². The third-order valence-corrected chi connectivity index (χ3v) is 6.34. The first kappa shape index (κ1) is 16.6. The van der Waals surface area contributed by atoms with E-state index >= 15 is 0 Å². The molecule has 0 aliphatic carbocycles. The van der Waals surface area contributed by atoms with Crippen molar-refractivity contribution in [1.29, 1.82) is 0 Å². The van der Waals surface area contributed by atoms with E-state index in [2.05, 4.69) is 0 Å². The minimum Gasteiger partial charge on any atom is -0.412 e. The van der Waals surface area contributed by atoms with Gasteiger partial charge >= 0.3 is 12.5 Å². The lowest BCUT2D eigenvalue weighted by Gasteiger charge is -2.19. The predicted octanol–water partition coefficient (Wildman–Crippen LogP) is 4.09. The standard InChI is InChI=1S/C19H14NO4PS/c21-19-20(17-13-7-8-14-18(17)26-19)24-25(22,16-11-5-2-6-12-16)23-15-9-3-1-4-10-15/h1-14H. The predicted molar refractivity (Wildman–Crippen MR) is 103 cm³/mol. The lowest BCUT2D eigenvalue weighted by molar-refractivity contribution is 0.249. The summed E-state index contributed by atoms with van der Waals surface area (Å²) in [4.78, 5) is 12.0. The molecule has 130 valence electrons. The molecule has 1 aromatic heterocycles. The maximum Gasteiger partial charge on any atom is 0.481 e. The van der Waals surface area contributed by atoms with Crippen molar-refractivity contribution in [2.45, 2.75) is 0 Å². The zero-order valence-electron chi connectivity index (χ0n) is 13.5. The first-order chi connectivity index (χ1) is 12.7. The number of thiazole rings is 1. The van der Waals surface area contributed by atoms with Crippen LogP contribution in [0.2, 0.25) is 0 Å². The summed E-state index contributed by atoms with van der Waals surface area (Å²) in [5.41, 5.74) is 0.551. The molecule has 3 aromatic carbocycles. The van der Waals surface area contributed by atoms with Crippen LogP contribution in [0.3, 0.4) is 0 Å². The van der Waals surface area contributed by atoms with Crippen molar-refractivity contribution in [2.75, 3.05) is 0 Å². The minimum absolute atomic E-state index is 0.362. The summed E-state index contributed by atoms with van der Waals surface area (Å²) < 4.78 is 26.9. The zero-order chi connectivity index (χ0) is 18.0. The Hall–Kier alpha value is -2.82. The molecule has 0 N–H and O–H groups in total. The van der Waals surface area contributed by atoms with E-state index in [-0.39, 0.29) is 4.87 Å². The summed E-state index contributed by atoms with van der Waals surface area (Å²) in [6.45, 7) is 0. The normalized spacial score (nSPS) is 13.2. The molecule has 7 heteroatoms. The summed E-state index contributed by atoms with van der Waals surface area (Å²) >= 11 is 1.03. The maximum absolute atomic E-state index is 13.6. The number of nitrogens with zero attached hydrogens (tertiary/aromatic N) is 1. The van der Waals surface area contributed by atoms with Crippen molar-refractivity contribution in [3.8, 4) is 5.75 Å². The Morgan fingerprint density at radius 2 is 1.42 bits per heavy atom. The molecule has 4 rings (SSSR count). The molecule has 0 radical (unpaired) electrons. The van der Waals surface area contributed by atoms with Crippen LogP contribution in [0.1, 0.15) is 0 Å². The fourth-order valence-corrected chi connectivity index (χ4v) is 4.89. The second-order valence-corrected chi connectivity index (χ2v) is 8.30. The fraction of sp³-hybridized carbons (Fsp3) is 0. The van der Waals surface area contributed by atoms with Crippen LogP contribution in [-0.2, 0) is 4.57 Å². The van der Waals surface area contributed by atoms with Crippen LogP contribution in [-0.4, -0.2) is 4.73 Å². The van der Waals surface area contributed by atoms with E-state index in [0.29, 0.717) is 16.6 Å². The minimum atomic E-state index is -3.84. The molecule has 4 aromatic rings. The van der Waals surface area contributed by atoms with Gasteiger partial charge < -0.3 is 9.15 Å². The largest absolute Gasteiger partial charge is 0.481 e. The van der Waals surface area contributed by atoms with Gasteiger partial charge in [-0.2, -0.15) is 0 Å². The van der Waals surface area contributed by atoms with Crippen molar-refractivity contribution in [3.63, 3.8) is 0 Å². The second kappa shape index (κ2) is 6.83. The highest BCUT2D eigenvalue weighted by atomic mass is 32.1. The van der Waals surface area contributed by atoms with Crippen molar-refractivity contribution < 1.29 is 13.7 Å². The van der Waals surface area contributed by atoms with Gasteiger partial charge in [0, 0.05) is 0 Å². The highest BCUT2D eigenvalue weighted by Gasteiger charge is 2.33. The summed E-state index contributed by atoms with van der Waals surface area (Å²) in [6, 6.07) is 24.5. The molecule has 0 fully saturated rings. The molecule has 0 saturated carbocycles. The summed E-state index contributed by atoms with van der Waals surface area (Å²) in [5.74, 6) is 0.396. The second-order valence-electron chi connectivity index (χ2n) is 5.45. The van der Waals surface area contributed by atoms with Crippen LogP contribution in [0.25, 0.3) is 10.2 Å². The van der Waals surface area contributed by atoms with Crippen molar-refractivity contribution in [1.82, 2.24) is 4.73 Å². The Balaban J connectivity index is 1.82. The highest BCUT2D eigenvalue weighted by Crippen LogP contribution is 2.44. The van der Waals surface area contributed by atoms with Gasteiger partial charge in [-0.05, 0) is 36.4 Å². The zero-order valence-corrected chi connectivity index (χ0v) is 15.2. The molecule has 1 atom stereocenters. The van der Waals surface area contributed by atoms with Crippen LogP contribution in [0.4, 0.5) is 0 Å². The molecular formula is C19H14NO4PS. The van der Waals surface area contributed by atoms with Crippen LogP contribution < -0.4 is 19.3 Å². The van der Waals surface area contributed by atoms with E-state index in [1.54, 1.807) is 60.7 Å². The molecule has 26 heavy (non-hydrogen) atoms. The number of para-hydroxylation sites is 2. The third kappa shape index (κ3) is 3.17. The molecule has 0 amide bonds. The van der Waals surface area contributed by atoms with Gasteiger partial charge in [-0.1, -0.05) is 59.9 Å². The molecule has 1 unspecified atom stereocenters. The smallest absolute Gasteiger partial charge is 0.412 e. The summed E-state index contributed by atoms with van der Waals surface area (Å²) in [7, 11) is -3.84. The first-order valence-electron chi connectivity index (χ1n) is 7.87. The molecule has 0 aliphatic rings. The van der Waals surface area contributed by atoms with Crippen LogP contribution in [0.5, 0.6) is 5.75 Å². The average Bonchev–Trinajstić information content (AvgIpc) is 2.98. The molecule has 5 nitrogen and oxygen atoms in total. The number of hydrogen-bond donors (Lipinski definition) is 0. The van der Waals surface area contributed by atoms with Gasteiger partial charge in [0.1, 0.15) is 11.3 Å². The van der Waals surface area contributed by atoms with Gasteiger partial charge in [-0.15, -0.1) is 4.73 Å². The quantitative estimate of drug-likeness (QED) is 0.487. The van der Waals surface area contributed by atoms with E-state index in [0.717, 1.165) is 20.8 Å². The van der Waals surface area contributed by atoms with Crippen LogP contribution in [0.15, 0.2) is 89.7 Å². The molecule has 0 spiro atoms. The average molecular weight is 383 g/mol. The Labute approximate surface area is 153 Å². The van der Waals surface area contributed by atoms with Gasteiger partial charge in [-0.25, -0.2) is 4.57 Å². The highest BCUT2D eigenvalue weighted by molar-refractivity contribution is 7.62. The lowest BCUT2D eigenvalue weighted by Crippen LogP contribution is -2.26. The molecule has 0 bridgehead atoms. The van der Waals surface area contributed by atoms with Crippen molar-refractivity contribution in [2.24, 2.45) is 0 Å². The van der Waals surface area contributed by atoms with E-state index in [9.17, 15) is 9.36 Å². The van der Waals surface area contributed by atoms with Crippen LogP contribution >= 0.6 is 18.9 Å². The summed E-state index contributed by atoms with van der Waals surface area (Å²) in [5, 5.41) is 0.367. The fourth-order valence-electron chi connectivity index (χ4n) is 2.48. The van der Waals surface area contributed by atoms with Crippen LogP contribution in [0, 0.1) is 0 Å². The first-order valence-corrected chi connectivity index (χ1v) is 10.2. The Kier molecular flexibility index (Phi) is 4.37. The Morgan fingerprint density at radius 3 is 2.15 bits per heavy atom. The topological polar surface area (TPSA) is 57.5 Å². The Bertz CT molecular complexity index is 1140. The molecule has 0 aliphatic heterocycles. The molecular weight excluding hydrogens is 369 g/mol. The summed E-state index contributed by atoms with van der Waals surface area (Å²) in [6.07, 6.45) is 0. The van der Waals surface area contributed by atoms with Crippen molar-refractivity contribution in [3.05, 3.63) is 94.6 Å². The van der Waals surface area contributed by atoms with Gasteiger partial charge in [0.25, 0.3) is 0 Å². The van der Waals surface area contributed by atoms with E-state index in [4.69, 9.17) is 9.15 Å². The van der Waals surface area contributed by atoms with Gasteiger partial charge in [-0.3, -0.25) is 4.79 Å². The van der Waals surface area contributed by atoms with E-state index in [1.165, 1.54) is 0 Å². The number of fused-ring (bicyclic) bond motifs is 1. The van der Waals surface area contributed by atoms with Gasteiger partial charge in [0.15, 0.2) is 0 Å². The Morgan fingerprint density at radius 1 is 0.808 bits per heavy atom. The SMILES string of the molecule is O=c1sc2ccccc2n1OP(=O)(Oc1ccccc1)c1ccccc1. The lowest BCUT2D eigenvalue weighted by atomic mass is 10.3. The van der Waals surface area contributed by atoms with E-state index in [1.807, 2.05) is 24.3 Å².